The van der Waals surface area contributed by atoms with E-state index in [0.717, 1.165) is 0 Å². The molecule has 0 radical (unpaired) electrons. The predicted molar refractivity (Wildman–Crippen MR) is 71.5 cm³/mol. The summed E-state index contributed by atoms with van der Waals surface area (Å²) in [6.45, 7) is 3.58. The van der Waals surface area contributed by atoms with Crippen LogP contribution in [-0.4, -0.2) is 8.42 Å². The van der Waals surface area contributed by atoms with Gasteiger partial charge in [-0.1, -0.05) is 55.1 Å². The van der Waals surface area contributed by atoms with Crippen molar-refractivity contribution in [1.82, 2.24) is 0 Å². The molecule has 0 atom stereocenters. The SMILES string of the molecule is C=C(c1ccccc1)S(=O)(=O)Oc1ccccc1. The van der Waals surface area contributed by atoms with Gasteiger partial charge >= 0.3 is 10.1 Å². The summed E-state index contributed by atoms with van der Waals surface area (Å²) in [6, 6.07) is 17.0. The van der Waals surface area contributed by atoms with Gasteiger partial charge in [0.15, 0.2) is 0 Å². The minimum absolute atomic E-state index is 0.0491. The lowest BCUT2D eigenvalue weighted by Gasteiger charge is -2.09. The molecule has 92 valence electrons. The fourth-order valence-corrected chi connectivity index (χ4v) is 2.31. The molecule has 18 heavy (non-hydrogen) atoms. The van der Waals surface area contributed by atoms with E-state index in [1.54, 1.807) is 60.7 Å². The summed E-state index contributed by atoms with van der Waals surface area (Å²) in [5.41, 5.74) is 0.522. The van der Waals surface area contributed by atoms with Gasteiger partial charge in [0, 0.05) is 0 Å². The molecule has 0 spiro atoms. The number of hydrogen-bond acceptors (Lipinski definition) is 3. The molecular weight excluding hydrogens is 248 g/mol. The van der Waals surface area contributed by atoms with Crippen LogP contribution < -0.4 is 4.18 Å². The Bertz CT molecular complexity index is 631. The molecule has 0 fully saturated rings. The molecular formula is C14H12O3S. The van der Waals surface area contributed by atoms with Crippen LogP contribution in [0.4, 0.5) is 0 Å². The highest BCUT2D eigenvalue weighted by Gasteiger charge is 2.19. The molecule has 2 aromatic carbocycles. The topological polar surface area (TPSA) is 43.4 Å². The molecule has 0 saturated heterocycles. The first kappa shape index (κ1) is 12.4. The Kier molecular flexibility index (Phi) is 3.48. The second-order valence-corrected chi connectivity index (χ2v) is 5.21. The van der Waals surface area contributed by atoms with Crippen molar-refractivity contribution in [3.8, 4) is 5.75 Å². The molecule has 0 aromatic heterocycles. The standard InChI is InChI=1S/C14H12O3S/c1-12(13-8-4-2-5-9-13)18(15,16)17-14-10-6-3-7-11-14/h2-11H,1H2. The van der Waals surface area contributed by atoms with Crippen molar-refractivity contribution in [2.75, 3.05) is 0 Å². The normalized spacial score (nSPS) is 10.9. The largest absolute Gasteiger partial charge is 0.379 e. The zero-order valence-corrected chi connectivity index (χ0v) is 10.4. The molecule has 0 aliphatic carbocycles. The molecule has 0 aliphatic heterocycles. The van der Waals surface area contributed by atoms with Gasteiger partial charge in [-0.15, -0.1) is 0 Å². The van der Waals surface area contributed by atoms with Crippen molar-refractivity contribution in [2.24, 2.45) is 0 Å². The van der Waals surface area contributed by atoms with Gasteiger partial charge in [-0.05, 0) is 17.7 Å². The highest BCUT2D eigenvalue weighted by molar-refractivity contribution is 7.96. The Labute approximate surface area is 106 Å². The zero-order valence-electron chi connectivity index (χ0n) is 9.61. The molecule has 3 nitrogen and oxygen atoms in total. The van der Waals surface area contributed by atoms with Crippen molar-refractivity contribution >= 4 is 15.0 Å². The Morgan fingerprint density at radius 3 is 1.94 bits per heavy atom. The van der Waals surface area contributed by atoms with Gasteiger partial charge < -0.3 is 4.18 Å². The van der Waals surface area contributed by atoms with Crippen LogP contribution in [0.1, 0.15) is 5.56 Å². The predicted octanol–water partition coefficient (Wildman–Crippen LogP) is 3.07. The molecule has 0 amide bonds. The smallest absolute Gasteiger partial charge is 0.339 e. The maximum Gasteiger partial charge on any atom is 0.339 e. The third kappa shape index (κ3) is 2.78. The Morgan fingerprint density at radius 2 is 1.39 bits per heavy atom. The summed E-state index contributed by atoms with van der Waals surface area (Å²) < 4.78 is 28.9. The summed E-state index contributed by atoms with van der Waals surface area (Å²) in [7, 11) is -3.86. The van der Waals surface area contributed by atoms with Crippen molar-refractivity contribution in [2.45, 2.75) is 0 Å². The lowest BCUT2D eigenvalue weighted by molar-refractivity contribution is 0.498. The van der Waals surface area contributed by atoms with Gasteiger partial charge in [0.05, 0.1) is 0 Å². The summed E-state index contributed by atoms with van der Waals surface area (Å²) in [5.74, 6) is 0.273. The minimum atomic E-state index is -3.86. The fourth-order valence-electron chi connectivity index (χ4n) is 1.42. The third-order valence-electron chi connectivity index (χ3n) is 2.35. The van der Waals surface area contributed by atoms with Gasteiger partial charge in [-0.25, -0.2) is 0 Å². The quantitative estimate of drug-likeness (QED) is 0.793. The van der Waals surface area contributed by atoms with Gasteiger partial charge in [0.1, 0.15) is 10.7 Å². The number of para-hydroxylation sites is 1. The van der Waals surface area contributed by atoms with E-state index < -0.39 is 10.1 Å². The van der Waals surface area contributed by atoms with Crippen LogP contribution in [-0.2, 0) is 10.1 Å². The Balaban J connectivity index is 2.25. The van der Waals surface area contributed by atoms with Crippen LogP contribution in [0.25, 0.3) is 4.91 Å². The van der Waals surface area contributed by atoms with Crippen LogP contribution >= 0.6 is 0 Å². The molecule has 0 saturated carbocycles. The van der Waals surface area contributed by atoms with Crippen molar-refractivity contribution in [3.63, 3.8) is 0 Å². The second-order valence-electron chi connectivity index (χ2n) is 3.64. The summed E-state index contributed by atoms with van der Waals surface area (Å²) in [5, 5.41) is 0. The average molecular weight is 260 g/mol. The highest BCUT2D eigenvalue weighted by Crippen LogP contribution is 2.22. The van der Waals surface area contributed by atoms with E-state index in [1.165, 1.54) is 0 Å². The van der Waals surface area contributed by atoms with Gasteiger partial charge in [-0.3, -0.25) is 0 Å². The van der Waals surface area contributed by atoms with Crippen LogP contribution in [0.3, 0.4) is 0 Å². The van der Waals surface area contributed by atoms with E-state index in [2.05, 4.69) is 6.58 Å². The van der Waals surface area contributed by atoms with Crippen LogP contribution in [0.2, 0.25) is 0 Å². The summed E-state index contributed by atoms with van der Waals surface area (Å²) in [4.78, 5) is -0.0491. The van der Waals surface area contributed by atoms with E-state index in [0.29, 0.717) is 5.56 Å². The summed E-state index contributed by atoms with van der Waals surface area (Å²) >= 11 is 0. The van der Waals surface area contributed by atoms with Gasteiger partial charge in [0.2, 0.25) is 0 Å². The molecule has 2 aromatic rings. The number of hydrogen-bond donors (Lipinski definition) is 0. The maximum atomic E-state index is 12.0. The van der Waals surface area contributed by atoms with E-state index in [9.17, 15) is 8.42 Å². The van der Waals surface area contributed by atoms with Crippen LogP contribution in [0.15, 0.2) is 67.2 Å². The first-order valence-electron chi connectivity index (χ1n) is 5.33. The van der Waals surface area contributed by atoms with E-state index in [1.807, 2.05) is 0 Å². The first-order chi connectivity index (χ1) is 8.59. The average Bonchev–Trinajstić information content (AvgIpc) is 2.39. The fraction of sp³-hybridized carbons (Fsp3) is 0. The van der Waals surface area contributed by atoms with Crippen molar-refractivity contribution in [3.05, 3.63) is 72.8 Å². The molecule has 4 heteroatoms. The van der Waals surface area contributed by atoms with E-state index in [4.69, 9.17) is 4.18 Å². The number of benzene rings is 2. The number of rotatable bonds is 4. The third-order valence-corrected chi connectivity index (χ3v) is 3.60. The molecule has 0 N–H and O–H groups in total. The molecule has 0 unspecified atom stereocenters. The molecule has 0 bridgehead atoms. The van der Waals surface area contributed by atoms with Gasteiger partial charge in [-0.2, -0.15) is 8.42 Å². The summed E-state index contributed by atoms with van der Waals surface area (Å²) in [6.07, 6.45) is 0. The molecule has 2 rings (SSSR count). The van der Waals surface area contributed by atoms with Crippen molar-refractivity contribution < 1.29 is 12.6 Å². The lowest BCUT2D eigenvalue weighted by Crippen LogP contribution is -2.10. The molecule has 0 aliphatic rings. The first-order valence-corrected chi connectivity index (χ1v) is 6.74. The van der Waals surface area contributed by atoms with E-state index >= 15 is 0 Å². The Morgan fingerprint density at radius 1 is 0.889 bits per heavy atom. The zero-order chi connectivity index (χ0) is 13.0. The Hall–Kier alpha value is -2.07. The maximum absolute atomic E-state index is 12.0. The van der Waals surface area contributed by atoms with Gasteiger partial charge in [0.25, 0.3) is 0 Å². The highest BCUT2D eigenvalue weighted by atomic mass is 32.2. The molecule has 0 heterocycles. The van der Waals surface area contributed by atoms with E-state index in [-0.39, 0.29) is 10.7 Å². The monoisotopic (exact) mass is 260 g/mol. The second kappa shape index (κ2) is 5.06. The minimum Gasteiger partial charge on any atom is -0.379 e. The van der Waals surface area contributed by atoms with Crippen LogP contribution in [0.5, 0.6) is 5.75 Å². The van der Waals surface area contributed by atoms with Crippen molar-refractivity contribution in [1.29, 1.82) is 0 Å². The van der Waals surface area contributed by atoms with Crippen LogP contribution in [0, 0.1) is 0 Å². The lowest BCUT2D eigenvalue weighted by atomic mass is 10.2.